The van der Waals surface area contributed by atoms with E-state index in [2.05, 4.69) is 44.1 Å². The number of benzene rings is 1. The van der Waals surface area contributed by atoms with Gasteiger partial charge in [-0.05, 0) is 38.0 Å². The summed E-state index contributed by atoms with van der Waals surface area (Å²) in [6, 6.07) is 6.39. The van der Waals surface area contributed by atoms with Gasteiger partial charge in [0.15, 0.2) is 0 Å². The Balaban J connectivity index is 3.20. The van der Waals surface area contributed by atoms with E-state index < -0.39 is 0 Å². The summed E-state index contributed by atoms with van der Waals surface area (Å²) in [7, 11) is 4.10. The number of hydrogen-bond donors (Lipinski definition) is 1. The molecular weight excluding hydrogens is 172 g/mol. The maximum atomic E-state index is 6.06. The molecule has 2 nitrogen and oxygen atoms in total. The molecule has 1 aromatic carbocycles. The fourth-order valence-corrected chi connectivity index (χ4v) is 1.49. The lowest BCUT2D eigenvalue weighted by atomic mass is 9.94. The third-order valence-electron chi connectivity index (χ3n) is 2.43. The van der Waals surface area contributed by atoms with Gasteiger partial charge >= 0.3 is 0 Å². The van der Waals surface area contributed by atoms with Gasteiger partial charge in [-0.1, -0.05) is 12.1 Å². The molecule has 0 unspecified atom stereocenters. The third-order valence-corrected chi connectivity index (χ3v) is 2.43. The minimum Gasteiger partial charge on any atom is -0.377 e. The van der Waals surface area contributed by atoms with Crippen LogP contribution in [0.5, 0.6) is 0 Å². The van der Waals surface area contributed by atoms with Crippen molar-refractivity contribution < 1.29 is 0 Å². The molecule has 0 radical (unpaired) electrons. The highest BCUT2D eigenvalue weighted by molar-refractivity contribution is 5.54. The zero-order valence-corrected chi connectivity index (χ0v) is 9.76. The number of rotatable bonds is 2. The van der Waals surface area contributed by atoms with Crippen molar-refractivity contribution in [2.24, 2.45) is 5.73 Å². The Morgan fingerprint density at radius 3 is 2.21 bits per heavy atom. The highest BCUT2D eigenvalue weighted by Crippen LogP contribution is 2.25. The van der Waals surface area contributed by atoms with Gasteiger partial charge in [0.25, 0.3) is 0 Å². The molecule has 0 amide bonds. The normalized spacial score (nSPS) is 11.6. The lowest BCUT2D eigenvalue weighted by Gasteiger charge is -2.23. The SMILES string of the molecule is Cc1ccc(C(C)(C)N)cc1N(C)C. The molecule has 0 aromatic heterocycles. The zero-order chi connectivity index (χ0) is 10.9. The second kappa shape index (κ2) is 3.62. The van der Waals surface area contributed by atoms with Crippen LogP contribution in [0.4, 0.5) is 5.69 Å². The molecule has 0 aliphatic carbocycles. The summed E-state index contributed by atoms with van der Waals surface area (Å²) in [6.07, 6.45) is 0. The molecule has 0 saturated heterocycles. The lowest BCUT2D eigenvalue weighted by molar-refractivity contribution is 0.554. The van der Waals surface area contributed by atoms with E-state index in [1.807, 2.05) is 13.8 Å². The van der Waals surface area contributed by atoms with Crippen molar-refractivity contribution in [3.8, 4) is 0 Å². The fraction of sp³-hybridized carbons (Fsp3) is 0.500. The quantitative estimate of drug-likeness (QED) is 0.778. The highest BCUT2D eigenvalue weighted by atomic mass is 15.1. The smallest absolute Gasteiger partial charge is 0.0394 e. The standard InChI is InChI=1S/C12H20N2/c1-9-6-7-10(12(2,3)13)8-11(9)14(4)5/h6-8H,13H2,1-5H3. The molecule has 14 heavy (non-hydrogen) atoms. The second-order valence-electron chi connectivity index (χ2n) is 4.62. The molecule has 2 heteroatoms. The minimum atomic E-state index is -0.265. The first-order chi connectivity index (χ1) is 6.32. The van der Waals surface area contributed by atoms with Crippen LogP contribution in [0.3, 0.4) is 0 Å². The molecule has 0 heterocycles. The summed E-state index contributed by atoms with van der Waals surface area (Å²) in [5.41, 5.74) is 9.48. The Hall–Kier alpha value is -1.02. The number of hydrogen-bond acceptors (Lipinski definition) is 2. The minimum absolute atomic E-state index is 0.265. The maximum Gasteiger partial charge on any atom is 0.0394 e. The van der Waals surface area contributed by atoms with Crippen LogP contribution in [0.15, 0.2) is 18.2 Å². The van der Waals surface area contributed by atoms with Crippen molar-refractivity contribution in [1.29, 1.82) is 0 Å². The highest BCUT2D eigenvalue weighted by Gasteiger charge is 2.15. The summed E-state index contributed by atoms with van der Waals surface area (Å²) in [5.74, 6) is 0. The second-order valence-corrected chi connectivity index (χ2v) is 4.62. The first-order valence-electron chi connectivity index (χ1n) is 4.89. The predicted octanol–water partition coefficient (Wildman–Crippen LogP) is 2.25. The summed E-state index contributed by atoms with van der Waals surface area (Å²) in [6.45, 7) is 6.16. The predicted molar refractivity (Wildman–Crippen MR) is 62.7 cm³/mol. The summed E-state index contributed by atoms with van der Waals surface area (Å²) in [5, 5.41) is 0. The van der Waals surface area contributed by atoms with Crippen LogP contribution < -0.4 is 10.6 Å². The van der Waals surface area contributed by atoms with E-state index in [1.165, 1.54) is 16.8 Å². The van der Waals surface area contributed by atoms with Crippen molar-refractivity contribution in [3.05, 3.63) is 29.3 Å². The van der Waals surface area contributed by atoms with Gasteiger partial charge in [0.1, 0.15) is 0 Å². The van der Waals surface area contributed by atoms with Crippen molar-refractivity contribution >= 4 is 5.69 Å². The van der Waals surface area contributed by atoms with Gasteiger partial charge in [0.2, 0.25) is 0 Å². The Bertz CT molecular complexity index is 322. The van der Waals surface area contributed by atoms with Crippen LogP contribution in [0.1, 0.15) is 25.0 Å². The average molecular weight is 192 g/mol. The van der Waals surface area contributed by atoms with Gasteiger partial charge < -0.3 is 10.6 Å². The Kier molecular flexibility index (Phi) is 2.86. The lowest BCUT2D eigenvalue weighted by Crippen LogP contribution is -2.29. The summed E-state index contributed by atoms with van der Waals surface area (Å²) >= 11 is 0. The van der Waals surface area contributed by atoms with E-state index in [9.17, 15) is 0 Å². The number of aryl methyl sites for hydroxylation is 1. The van der Waals surface area contributed by atoms with Crippen LogP contribution in [0.25, 0.3) is 0 Å². The largest absolute Gasteiger partial charge is 0.377 e. The van der Waals surface area contributed by atoms with Crippen molar-refractivity contribution in [1.82, 2.24) is 0 Å². The number of nitrogens with zero attached hydrogens (tertiary/aromatic N) is 1. The Morgan fingerprint density at radius 2 is 1.79 bits per heavy atom. The monoisotopic (exact) mass is 192 g/mol. The molecular formula is C12H20N2. The number of anilines is 1. The first-order valence-corrected chi connectivity index (χ1v) is 4.89. The van der Waals surface area contributed by atoms with Crippen molar-refractivity contribution in [2.75, 3.05) is 19.0 Å². The Labute approximate surface area is 86.7 Å². The van der Waals surface area contributed by atoms with Crippen LogP contribution in [-0.4, -0.2) is 14.1 Å². The molecule has 0 fully saturated rings. The molecule has 0 aliphatic heterocycles. The molecule has 2 N–H and O–H groups in total. The molecule has 0 aliphatic rings. The van der Waals surface area contributed by atoms with Crippen molar-refractivity contribution in [2.45, 2.75) is 26.3 Å². The van der Waals surface area contributed by atoms with Gasteiger partial charge in [-0.2, -0.15) is 0 Å². The van der Waals surface area contributed by atoms with Gasteiger partial charge in [0.05, 0.1) is 0 Å². The first kappa shape index (κ1) is 11.1. The maximum absolute atomic E-state index is 6.06. The molecule has 0 atom stereocenters. The summed E-state index contributed by atoms with van der Waals surface area (Å²) < 4.78 is 0. The van der Waals surface area contributed by atoms with E-state index in [0.717, 1.165) is 0 Å². The average Bonchev–Trinajstić information content (AvgIpc) is 2.02. The van der Waals surface area contributed by atoms with E-state index in [0.29, 0.717) is 0 Å². The van der Waals surface area contributed by atoms with Crippen molar-refractivity contribution in [3.63, 3.8) is 0 Å². The van der Waals surface area contributed by atoms with E-state index in [4.69, 9.17) is 5.73 Å². The summed E-state index contributed by atoms with van der Waals surface area (Å²) in [4.78, 5) is 2.12. The third kappa shape index (κ3) is 2.26. The van der Waals surface area contributed by atoms with E-state index >= 15 is 0 Å². The molecule has 1 aromatic rings. The van der Waals surface area contributed by atoms with Crippen LogP contribution in [0, 0.1) is 6.92 Å². The van der Waals surface area contributed by atoms with Gasteiger partial charge in [0, 0.05) is 25.3 Å². The Morgan fingerprint density at radius 1 is 1.21 bits per heavy atom. The molecule has 0 saturated carbocycles. The topological polar surface area (TPSA) is 29.3 Å². The van der Waals surface area contributed by atoms with E-state index in [1.54, 1.807) is 0 Å². The van der Waals surface area contributed by atoms with Crippen LogP contribution in [-0.2, 0) is 5.54 Å². The molecule has 1 rings (SSSR count). The molecule has 0 spiro atoms. The number of nitrogens with two attached hydrogens (primary N) is 1. The molecule has 0 bridgehead atoms. The van der Waals surface area contributed by atoms with Crippen LogP contribution in [0.2, 0.25) is 0 Å². The fourth-order valence-electron chi connectivity index (χ4n) is 1.49. The van der Waals surface area contributed by atoms with Gasteiger partial charge in [-0.3, -0.25) is 0 Å². The zero-order valence-electron chi connectivity index (χ0n) is 9.76. The molecule has 78 valence electrons. The van der Waals surface area contributed by atoms with E-state index in [-0.39, 0.29) is 5.54 Å². The van der Waals surface area contributed by atoms with Crippen LogP contribution >= 0.6 is 0 Å². The van der Waals surface area contributed by atoms with Gasteiger partial charge in [-0.15, -0.1) is 0 Å². The van der Waals surface area contributed by atoms with Gasteiger partial charge in [-0.25, -0.2) is 0 Å².